The molecule has 1 heterocycles. The van der Waals surface area contributed by atoms with Crippen molar-refractivity contribution in [1.82, 2.24) is 0 Å². The normalized spacial score (nSPS) is 16.4. The second kappa shape index (κ2) is 4.92. The second-order valence-electron chi connectivity index (χ2n) is 4.16. The fourth-order valence-electron chi connectivity index (χ4n) is 1.74. The lowest BCUT2D eigenvalue weighted by molar-refractivity contribution is -0.121. The number of anilines is 1. The lowest BCUT2D eigenvalue weighted by Gasteiger charge is -2.30. The van der Waals surface area contributed by atoms with Gasteiger partial charge >= 0.3 is 0 Å². The molecule has 1 unspecified atom stereocenters. The number of benzene rings is 1. The Morgan fingerprint density at radius 1 is 1.59 bits per heavy atom. The number of nitrogens with zero attached hydrogens (tertiary/aromatic N) is 1. The van der Waals surface area contributed by atoms with Crippen molar-refractivity contribution in [1.29, 1.82) is 0 Å². The zero-order chi connectivity index (χ0) is 12.4. The smallest absolute Gasteiger partial charge is 0.265 e. The fourth-order valence-corrected chi connectivity index (χ4v) is 1.84. The zero-order valence-electron chi connectivity index (χ0n) is 9.45. The molecule has 0 N–H and O–H groups in total. The van der Waals surface area contributed by atoms with Crippen LogP contribution in [0.4, 0.5) is 10.1 Å². The van der Waals surface area contributed by atoms with Crippen molar-refractivity contribution >= 4 is 23.2 Å². The van der Waals surface area contributed by atoms with Gasteiger partial charge in [0.1, 0.15) is 11.6 Å². The van der Waals surface area contributed by atoms with Gasteiger partial charge in [-0.05, 0) is 18.1 Å². The quantitative estimate of drug-likeness (QED) is 0.779. The van der Waals surface area contributed by atoms with Crippen LogP contribution in [0.1, 0.15) is 6.92 Å². The molecule has 0 spiro atoms. The summed E-state index contributed by atoms with van der Waals surface area (Å²) in [4.78, 5) is 13.4. The number of alkyl halides is 1. The summed E-state index contributed by atoms with van der Waals surface area (Å²) in [7, 11) is 0. The van der Waals surface area contributed by atoms with Crippen molar-refractivity contribution < 1.29 is 13.9 Å². The number of hydrogen-bond donors (Lipinski definition) is 0. The number of halogens is 2. The van der Waals surface area contributed by atoms with E-state index >= 15 is 0 Å². The summed E-state index contributed by atoms with van der Waals surface area (Å²) in [6, 6.07) is 4.17. The third kappa shape index (κ3) is 2.52. The Morgan fingerprint density at radius 2 is 2.35 bits per heavy atom. The zero-order valence-corrected chi connectivity index (χ0v) is 10.2. The average molecular weight is 258 g/mol. The van der Waals surface area contributed by atoms with Gasteiger partial charge in [-0.2, -0.15) is 0 Å². The van der Waals surface area contributed by atoms with Gasteiger partial charge in [-0.3, -0.25) is 4.79 Å². The van der Waals surface area contributed by atoms with Crippen LogP contribution in [0.15, 0.2) is 18.2 Å². The fraction of sp³-hybridized carbons (Fsp3) is 0.417. The van der Waals surface area contributed by atoms with Crippen molar-refractivity contribution in [2.24, 2.45) is 5.92 Å². The molecule has 1 aromatic rings. The van der Waals surface area contributed by atoms with Crippen molar-refractivity contribution in [3.63, 3.8) is 0 Å². The van der Waals surface area contributed by atoms with E-state index in [-0.39, 0.29) is 24.2 Å². The Hall–Kier alpha value is -1.29. The molecular weight excluding hydrogens is 245 g/mol. The summed E-state index contributed by atoms with van der Waals surface area (Å²) in [5.74, 6) is 0.564. The van der Waals surface area contributed by atoms with Crippen LogP contribution >= 0.6 is 11.6 Å². The number of hydrogen-bond acceptors (Lipinski definition) is 2. The van der Waals surface area contributed by atoms with Crippen molar-refractivity contribution in [2.75, 3.05) is 23.9 Å². The van der Waals surface area contributed by atoms with E-state index in [9.17, 15) is 9.18 Å². The first-order valence-electron chi connectivity index (χ1n) is 5.40. The molecule has 0 fully saturated rings. The SMILES string of the molecule is CC(CCl)CN1C(=O)COc2cc(F)ccc21. The molecule has 1 aliphatic heterocycles. The number of rotatable bonds is 3. The number of fused-ring (bicyclic) bond motifs is 1. The second-order valence-corrected chi connectivity index (χ2v) is 4.47. The van der Waals surface area contributed by atoms with Gasteiger partial charge in [0.2, 0.25) is 0 Å². The van der Waals surface area contributed by atoms with Gasteiger partial charge in [0, 0.05) is 18.5 Å². The topological polar surface area (TPSA) is 29.5 Å². The standard InChI is InChI=1S/C12H13ClFNO2/c1-8(5-13)6-15-10-3-2-9(14)4-11(10)17-7-12(15)16/h2-4,8H,5-7H2,1H3. The summed E-state index contributed by atoms with van der Waals surface area (Å²) in [5.41, 5.74) is 0.611. The van der Waals surface area contributed by atoms with Crippen LogP contribution in [0.3, 0.4) is 0 Å². The van der Waals surface area contributed by atoms with Crippen LogP contribution < -0.4 is 9.64 Å². The summed E-state index contributed by atoms with van der Waals surface area (Å²) in [6.07, 6.45) is 0. The molecule has 92 valence electrons. The molecule has 2 rings (SSSR count). The first-order valence-corrected chi connectivity index (χ1v) is 5.94. The van der Waals surface area contributed by atoms with E-state index in [1.54, 1.807) is 11.0 Å². The van der Waals surface area contributed by atoms with Crippen LogP contribution in [0, 0.1) is 11.7 Å². The lowest BCUT2D eigenvalue weighted by atomic mass is 10.1. The van der Waals surface area contributed by atoms with Gasteiger partial charge < -0.3 is 9.64 Å². The first kappa shape index (κ1) is 12.2. The van der Waals surface area contributed by atoms with Gasteiger partial charge in [-0.25, -0.2) is 4.39 Å². The van der Waals surface area contributed by atoms with E-state index in [1.807, 2.05) is 6.92 Å². The maximum Gasteiger partial charge on any atom is 0.265 e. The number of amides is 1. The Labute approximate surface area is 104 Å². The highest BCUT2D eigenvalue weighted by Crippen LogP contribution is 2.33. The number of carbonyl (C=O) groups excluding carboxylic acids is 1. The Bertz CT molecular complexity index is 439. The summed E-state index contributed by atoms with van der Waals surface area (Å²) < 4.78 is 18.2. The molecule has 0 aromatic heterocycles. The molecule has 1 aromatic carbocycles. The largest absolute Gasteiger partial charge is 0.481 e. The molecule has 17 heavy (non-hydrogen) atoms. The summed E-state index contributed by atoms with van der Waals surface area (Å²) in [5, 5.41) is 0. The van der Waals surface area contributed by atoms with E-state index in [4.69, 9.17) is 16.3 Å². The monoisotopic (exact) mass is 257 g/mol. The molecule has 0 radical (unpaired) electrons. The predicted octanol–water partition coefficient (Wildman–Crippen LogP) is 2.43. The maximum atomic E-state index is 13.0. The molecule has 0 saturated carbocycles. The van der Waals surface area contributed by atoms with E-state index in [0.717, 1.165) is 0 Å². The third-order valence-corrected chi connectivity index (χ3v) is 3.15. The van der Waals surface area contributed by atoms with Crippen LogP contribution in [-0.2, 0) is 4.79 Å². The summed E-state index contributed by atoms with van der Waals surface area (Å²) in [6.45, 7) is 2.43. The van der Waals surface area contributed by atoms with Gasteiger partial charge in [-0.15, -0.1) is 11.6 Å². The van der Waals surface area contributed by atoms with E-state index < -0.39 is 0 Å². The van der Waals surface area contributed by atoms with E-state index in [1.165, 1.54) is 12.1 Å². The lowest BCUT2D eigenvalue weighted by Crippen LogP contribution is -2.41. The first-order chi connectivity index (χ1) is 8.11. The van der Waals surface area contributed by atoms with Gasteiger partial charge in [-0.1, -0.05) is 6.92 Å². The number of carbonyl (C=O) groups is 1. The molecule has 3 nitrogen and oxygen atoms in total. The molecule has 1 aliphatic rings. The van der Waals surface area contributed by atoms with Gasteiger partial charge in [0.05, 0.1) is 5.69 Å². The Balaban J connectivity index is 2.30. The van der Waals surface area contributed by atoms with Crippen LogP contribution in [0.25, 0.3) is 0 Å². The minimum Gasteiger partial charge on any atom is -0.481 e. The average Bonchev–Trinajstić information content (AvgIpc) is 2.32. The predicted molar refractivity (Wildman–Crippen MR) is 64.1 cm³/mol. The minimum atomic E-state index is -0.372. The van der Waals surface area contributed by atoms with Crippen LogP contribution in [0.5, 0.6) is 5.75 Å². The maximum absolute atomic E-state index is 13.0. The molecular formula is C12H13ClFNO2. The van der Waals surface area contributed by atoms with Crippen molar-refractivity contribution in [3.05, 3.63) is 24.0 Å². The van der Waals surface area contributed by atoms with Crippen molar-refractivity contribution in [3.8, 4) is 5.75 Å². The molecule has 5 heteroatoms. The number of ether oxygens (including phenoxy) is 1. The van der Waals surface area contributed by atoms with Gasteiger partial charge in [0.25, 0.3) is 5.91 Å². The highest BCUT2D eigenvalue weighted by molar-refractivity contribution is 6.18. The van der Waals surface area contributed by atoms with E-state index in [0.29, 0.717) is 23.9 Å². The van der Waals surface area contributed by atoms with Crippen molar-refractivity contribution in [2.45, 2.75) is 6.92 Å². The highest BCUT2D eigenvalue weighted by Gasteiger charge is 2.26. The molecule has 1 atom stereocenters. The van der Waals surface area contributed by atoms with Gasteiger partial charge in [0.15, 0.2) is 6.61 Å². The molecule has 0 bridgehead atoms. The minimum absolute atomic E-state index is 0.0501. The van der Waals surface area contributed by atoms with Crippen LogP contribution in [-0.4, -0.2) is 24.9 Å². The Morgan fingerprint density at radius 3 is 3.06 bits per heavy atom. The summed E-state index contributed by atoms with van der Waals surface area (Å²) >= 11 is 5.74. The Kier molecular flexibility index (Phi) is 3.52. The van der Waals surface area contributed by atoms with E-state index in [2.05, 4.69) is 0 Å². The molecule has 0 aliphatic carbocycles. The highest BCUT2D eigenvalue weighted by atomic mass is 35.5. The molecule has 0 saturated heterocycles. The third-order valence-electron chi connectivity index (χ3n) is 2.62. The van der Waals surface area contributed by atoms with Crippen LogP contribution in [0.2, 0.25) is 0 Å². The molecule has 1 amide bonds.